The fourth-order valence-corrected chi connectivity index (χ4v) is 2.99. The summed E-state index contributed by atoms with van der Waals surface area (Å²) in [5, 5.41) is 14.2. The monoisotopic (exact) mass is 212 g/mol. The van der Waals surface area contributed by atoms with E-state index < -0.39 is 0 Å². The van der Waals surface area contributed by atoms with E-state index in [9.17, 15) is 5.11 Å². The summed E-state index contributed by atoms with van der Waals surface area (Å²) in [7, 11) is 0. The lowest BCUT2D eigenvalue weighted by atomic mass is 9.98. The van der Waals surface area contributed by atoms with E-state index in [4.69, 9.17) is 0 Å². The predicted octanol–water partition coefficient (Wildman–Crippen LogP) is 2.32. The third-order valence-corrected chi connectivity index (χ3v) is 3.87. The van der Waals surface area contributed by atoms with E-state index in [1.165, 1.54) is 24.4 Å². The molecule has 1 aromatic heterocycles. The van der Waals surface area contributed by atoms with Gasteiger partial charge < -0.3 is 5.11 Å². The van der Waals surface area contributed by atoms with E-state index >= 15 is 0 Å². The molecule has 14 heavy (non-hydrogen) atoms. The van der Waals surface area contributed by atoms with Crippen LogP contribution < -0.4 is 0 Å². The molecule has 0 amide bonds. The van der Waals surface area contributed by atoms with Gasteiger partial charge in [0.15, 0.2) is 0 Å². The highest BCUT2D eigenvalue weighted by Crippen LogP contribution is 2.37. The van der Waals surface area contributed by atoms with Crippen LogP contribution in [-0.4, -0.2) is 14.7 Å². The minimum Gasteiger partial charge on any atom is -0.387 e. The zero-order chi connectivity index (χ0) is 9.97. The molecular weight excluding hydrogens is 196 g/mol. The topological polar surface area (TPSA) is 46.0 Å². The van der Waals surface area contributed by atoms with Gasteiger partial charge >= 0.3 is 0 Å². The molecule has 1 aliphatic rings. The number of aliphatic hydroxyl groups is 1. The Bertz CT molecular complexity index is 294. The zero-order valence-corrected chi connectivity index (χ0v) is 9.26. The smallest absolute Gasteiger partial charge is 0.0945 e. The minimum atomic E-state index is -0.313. The molecule has 1 aromatic rings. The maximum absolute atomic E-state index is 10.2. The van der Waals surface area contributed by atoms with Crippen molar-refractivity contribution in [2.75, 3.05) is 0 Å². The van der Waals surface area contributed by atoms with Gasteiger partial charge in [0, 0.05) is 0 Å². The van der Waals surface area contributed by atoms with Gasteiger partial charge in [-0.15, -0.1) is 5.10 Å². The summed E-state index contributed by atoms with van der Waals surface area (Å²) in [6.07, 6.45) is 5.39. The average molecular weight is 212 g/mol. The van der Waals surface area contributed by atoms with Gasteiger partial charge in [0.2, 0.25) is 0 Å². The Balaban J connectivity index is 2.12. The molecule has 1 N–H and O–H groups in total. The summed E-state index contributed by atoms with van der Waals surface area (Å²) in [5.74, 6) is 0.447. The lowest BCUT2D eigenvalue weighted by molar-refractivity contribution is 0.114. The standard InChI is InChI=1S/C10H16N2OS/c1-2-8-10(14-12-11-8)9(13)7-5-3-4-6-7/h7,9,13H,2-6H2,1H3. The highest BCUT2D eigenvalue weighted by Gasteiger charge is 2.27. The number of rotatable bonds is 3. The van der Waals surface area contributed by atoms with Gasteiger partial charge in [0.25, 0.3) is 0 Å². The number of hydrogen-bond acceptors (Lipinski definition) is 4. The Kier molecular flexibility index (Phi) is 3.13. The predicted molar refractivity (Wildman–Crippen MR) is 56.2 cm³/mol. The Hall–Kier alpha value is -0.480. The van der Waals surface area contributed by atoms with E-state index in [0.717, 1.165) is 29.8 Å². The van der Waals surface area contributed by atoms with E-state index in [2.05, 4.69) is 16.5 Å². The molecule has 1 saturated carbocycles. The summed E-state index contributed by atoms with van der Waals surface area (Å²) in [6.45, 7) is 2.06. The summed E-state index contributed by atoms with van der Waals surface area (Å²) >= 11 is 1.36. The Morgan fingerprint density at radius 2 is 2.21 bits per heavy atom. The van der Waals surface area contributed by atoms with Crippen molar-refractivity contribution < 1.29 is 5.11 Å². The molecule has 0 radical (unpaired) electrons. The third-order valence-electron chi connectivity index (χ3n) is 3.04. The Morgan fingerprint density at radius 1 is 1.50 bits per heavy atom. The number of aryl methyl sites for hydroxylation is 1. The van der Waals surface area contributed by atoms with Gasteiger partial charge in [-0.05, 0) is 36.7 Å². The van der Waals surface area contributed by atoms with Crippen molar-refractivity contribution in [3.63, 3.8) is 0 Å². The van der Waals surface area contributed by atoms with Crippen molar-refractivity contribution in [1.82, 2.24) is 9.59 Å². The first-order valence-electron chi connectivity index (χ1n) is 5.32. The fourth-order valence-electron chi connectivity index (χ4n) is 2.17. The highest BCUT2D eigenvalue weighted by atomic mass is 32.1. The molecule has 1 heterocycles. The number of aromatic nitrogens is 2. The lowest BCUT2D eigenvalue weighted by Gasteiger charge is -2.16. The maximum Gasteiger partial charge on any atom is 0.0945 e. The summed E-state index contributed by atoms with van der Waals surface area (Å²) in [5.41, 5.74) is 0.981. The molecule has 0 saturated heterocycles. The molecule has 1 atom stereocenters. The molecule has 1 fully saturated rings. The minimum absolute atomic E-state index is 0.313. The fraction of sp³-hybridized carbons (Fsp3) is 0.800. The van der Waals surface area contributed by atoms with E-state index in [1.54, 1.807) is 0 Å². The summed E-state index contributed by atoms with van der Waals surface area (Å²) < 4.78 is 3.92. The normalized spacial score (nSPS) is 20.1. The Labute approximate surface area is 88.3 Å². The first-order valence-corrected chi connectivity index (χ1v) is 6.09. The second-order valence-electron chi connectivity index (χ2n) is 3.93. The third kappa shape index (κ3) is 1.81. The maximum atomic E-state index is 10.2. The van der Waals surface area contributed by atoms with Gasteiger partial charge in [0.05, 0.1) is 16.7 Å². The van der Waals surface area contributed by atoms with Crippen LogP contribution in [0.2, 0.25) is 0 Å². The van der Waals surface area contributed by atoms with Crippen LogP contribution in [0.3, 0.4) is 0 Å². The van der Waals surface area contributed by atoms with Crippen LogP contribution in [0.4, 0.5) is 0 Å². The van der Waals surface area contributed by atoms with Crippen LogP contribution in [0, 0.1) is 5.92 Å². The zero-order valence-electron chi connectivity index (χ0n) is 8.44. The van der Waals surface area contributed by atoms with Crippen molar-refractivity contribution >= 4 is 11.5 Å². The van der Waals surface area contributed by atoms with Crippen LogP contribution >= 0.6 is 11.5 Å². The van der Waals surface area contributed by atoms with Crippen LogP contribution in [-0.2, 0) is 6.42 Å². The quantitative estimate of drug-likeness (QED) is 0.836. The molecule has 0 bridgehead atoms. The van der Waals surface area contributed by atoms with Crippen molar-refractivity contribution in [3.8, 4) is 0 Å². The molecule has 78 valence electrons. The van der Waals surface area contributed by atoms with Crippen LogP contribution in [0.15, 0.2) is 0 Å². The van der Waals surface area contributed by atoms with Gasteiger partial charge in [-0.25, -0.2) is 0 Å². The van der Waals surface area contributed by atoms with E-state index in [-0.39, 0.29) is 6.10 Å². The molecule has 4 heteroatoms. The van der Waals surface area contributed by atoms with Gasteiger partial charge in [-0.3, -0.25) is 0 Å². The van der Waals surface area contributed by atoms with Crippen molar-refractivity contribution in [1.29, 1.82) is 0 Å². The Morgan fingerprint density at radius 3 is 2.86 bits per heavy atom. The van der Waals surface area contributed by atoms with Crippen LogP contribution in [0.1, 0.15) is 49.3 Å². The second kappa shape index (κ2) is 4.36. The molecule has 0 spiro atoms. The van der Waals surface area contributed by atoms with Gasteiger partial charge in [-0.2, -0.15) is 0 Å². The first kappa shape index (κ1) is 10.1. The van der Waals surface area contributed by atoms with Gasteiger partial charge in [-0.1, -0.05) is 24.3 Å². The van der Waals surface area contributed by atoms with Crippen molar-refractivity contribution in [2.45, 2.75) is 45.1 Å². The van der Waals surface area contributed by atoms with Crippen molar-refractivity contribution in [3.05, 3.63) is 10.6 Å². The van der Waals surface area contributed by atoms with Gasteiger partial charge in [0.1, 0.15) is 0 Å². The summed E-state index contributed by atoms with van der Waals surface area (Å²) in [4.78, 5) is 0.999. The molecule has 0 aliphatic heterocycles. The highest BCUT2D eigenvalue weighted by molar-refractivity contribution is 7.05. The van der Waals surface area contributed by atoms with Crippen molar-refractivity contribution in [2.24, 2.45) is 5.92 Å². The van der Waals surface area contributed by atoms with E-state index in [0.29, 0.717) is 5.92 Å². The molecular formula is C10H16N2OS. The molecule has 1 aliphatic carbocycles. The van der Waals surface area contributed by atoms with Crippen LogP contribution in [0.25, 0.3) is 0 Å². The summed E-state index contributed by atoms with van der Waals surface area (Å²) in [6, 6.07) is 0. The SMILES string of the molecule is CCc1nnsc1C(O)C1CCCC1. The lowest BCUT2D eigenvalue weighted by Crippen LogP contribution is -2.09. The molecule has 0 aromatic carbocycles. The number of aliphatic hydroxyl groups excluding tert-OH is 1. The van der Waals surface area contributed by atoms with E-state index in [1.807, 2.05) is 0 Å². The van der Waals surface area contributed by atoms with Crippen LogP contribution in [0.5, 0.6) is 0 Å². The number of nitrogens with zero attached hydrogens (tertiary/aromatic N) is 2. The molecule has 2 rings (SSSR count). The average Bonchev–Trinajstić information content (AvgIpc) is 2.87. The molecule has 1 unspecified atom stereocenters. The first-order chi connectivity index (χ1) is 6.83. The number of hydrogen-bond donors (Lipinski definition) is 1. The second-order valence-corrected chi connectivity index (χ2v) is 4.71. The largest absolute Gasteiger partial charge is 0.387 e. The molecule has 3 nitrogen and oxygen atoms in total.